The summed E-state index contributed by atoms with van der Waals surface area (Å²) in [5.41, 5.74) is 3.24. The first kappa shape index (κ1) is 21.3. The minimum absolute atomic E-state index is 0.129. The van der Waals surface area contributed by atoms with Crippen molar-refractivity contribution in [3.05, 3.63) is 94.5 Å². The van der Waals surface area contributed by atoms with E-state index in [1.165, 1.54) is 12.1 Å². The van der Waals surface area contributed by atoms with Gasteiger partial charge in [0, 0.05) is 11.6 Å². The van der Waals surface area contributed by atoms with Crippen LogP contribution in [0.1, 0.15) is 16.7 Å². The zero-order valence-electron chi connectivity index (χ0n) is 15.8. The van der Waals surface area contributed by atoms with Crippen molar-refractivity contribution in [2.75, 3.05) is 6.54 Å². The molecule has 0 saturated heterocycles. The van der Waals surface area contributed by atoms with Crippen LogP contribution in [0.2, 0.25) is 5.02 Å². The van der Waals surface area contributed by atoms with Crippen LogP contribution in [0.15, 0.2) is 77.7 Å². The molecule has 0 amide bonds. The van der Waals surface area contributed by atoms with Gasteiger partial charge in [-0.2, -0.15) is 0 Å². The van der Waals surface area contributed by atoms with Crippen LogP contribution in [-0.4, -0.2) is 15.0 Å². The van der Waals surface area contributed by atoms with Crippen molar-refractivity contribution in [1.82, 2.24) is 5.32 Å². The van der Waals surface area contributed by atoms with Gasteiger partial charge in [-0.3, -0.25) is 0 Å². The fourth-order valence-corrected chi connectivity index (χ4v) is 3.45. The molecule has 3 rings (SSSR count). The molecule has 7 heteroatoms. The number of nitrogens with two attached hydrogens (primary N) is 1. The normalized spacial score (nSPS) is 11.4. The number of nitrogens with one attached hydrogen (secondary N) is 1. The highest BCUT2D eigenvalue weighted by atomic mass is 35.5. The van der Waals surface area contributed by atoms with Gasteiger partial charge >= 0.3 is 0 Å². The molecule has 0 aliphatic rings. The van der Waals surface area contributed by atoms with E-state index in [-0.39, 0.29) is 4.90 Å². The van der Waals surface area contributed by atoms with Crippen molar-refractivity contribution in [3.63, 3.8) is 0 Å². The van der Waals surface area contributed by atoms with Gasteiger partial charge in [0.15, 0.2) is 0 Å². The second kappa shape index (κ2) is 9.89. The van der Waals surface area contributed by atoms with Gasteiger partial charge in [0.2, 0.25) is 10.0 Å². The summed E-state index contributed by atoms with van der Waals surface area (Å²) in [7, 11) is -3.64. The summed E-state index contributed by atoms with van der Waals surface area (Å²) in [6.45, 7) is 1.97. The van der Waals surface area contributed by atoms with Crippen LogP contribution in [0.25, 0.3) is 0 Å². The Morgan fingerprint density at radius 1 is 0.897 bits per heavy atom. The van der Waals surface area contributed by atoms with E-state index in [9.17, 15) is 8.42 Å². The minimum atomic E-state index is -3.64. The van der Waals surface area contributed by atoms with E-state index >= 15 is 0 Å². The highest BCUT2D eigenvalue weighted by Crippen LogP contribution is 2.16. The Labute approximate surface area is 176 Å². The molecule has 29 heavy (non-hydrogen) atoms. The van der Waals surface area contributed by atoms with E-state index in [1.807, 2.05) is 48.5 Å². The zero-order chi connectivity index (χ0) is 20.7. The summed E-state index contributed by atoms with van der Waals surface area (Å²) in [6, 6.07) is 22.2. The molecular weight excluding hydrogens is 408 g/mol. The maximum absolute atomic E-state index is 11.3. The van der Waals surface area contributed by atoms with Gasteiger partial charge in [-0.1, -0.05) is 48.0 Å². The third-order valence-corrected chi connectivity index (χ3v) is 5.57. The van der Waals surface area contributed by atoms with Crippen molar-refractivity contribution < 1.29 is 13.2 Å². The van der Waals surface area contributed by atoms with E-state index in [0.717, 1.165) is 35.4 Å². The fourth-order valence-electron chi connectivity index (χ4n) is 2.80. The number of hydrogen-bond acceptors (Lipinski definition) is 4. The maximum atomic E-state index is 11.3. The van der Waals surface area contributed by atoms with Gasteiger partial charge in [-0.15, -0.1) is 0 Å². The average molecular weight is 431 g/mol. The molecule has 5 nitrogen and oxygen atoms in total. The predicted molar refractivity (Wildman–Crippen MR) is 115 cm³/mol. The van der Waals surface area contributed by atoms with E-state index in [4.69, 9.17) is 21.5 Å². The molecule has 0 spiro atoms. The largest absolute Gasteiger partial charge is 0.489 e. The molecule has 0 aliphatic heterocycles. The molecule has 3 aromatic carbocycles. The Balaban J connectivity index is 1.45. The highest BCUT2D eigenvalue weighted by Gasteiger charge is 2.06. The number of primary sulfonamides is 1. The SMILES string of the molecule is NS(=O)(=O)c1ccc(CCNCc2cccc(OCc3ccc(Cl)cc3)c2)cc1. The summed E-state index contributed by atoms with van der Waals surface area (Å²) in [4.78, 5) is 0.129. The second-order valence-electron chi connectivity index (χ2n) is 6.68. The molecule has 0 aromatic heterocycles. The lowest BCUT2D eigenvalue weighted by molar-refractivity contribution is 0.306. The van der Waals surface area contributed by atoms with Gasteiger partial charge in [0.25, 0.3) is 0 Å². The number of rotatable bonds is 9. The smallest absolute Gasteiger partial charge is 0.238 e. The predicted octanol–water partition coefficient (Wildman–Crippen LogP) is 3.90. The monoisotopic (exact) mass is 430 g/mol. The van der Waals surface area contributed by atoms with Crippen LogP contribution >= 0.6 is 11.6 Å². The number of sulfonamides is 1. The van der Waals surface area contributed by atoms with E-state index < -0.39 is 10.0 Å². The summed E-state index contributed by atoms with van der Waals surface area (Å²) in [5.74, 6) is 0.817. The lowest BCUT2D eigenvalue weighted by Crippen LogP contribution is -2.17. The molecule has 0 aliphatic carbocycles. The Morgan fingerprint density at radius 2 is 1.59 bits per heavy atom. The third-order valence-electron chi connectivity index (χ3n) is 4.39. The fraction of sp³-hybridized carbons (Fsp3) is 0.182. The van der Waals surface area contributed by atoms with Crippen molar-refractivity contribution >= 4 is 21.6 Å². The van der Waals surface area contributed by atoms with Gasteiger partial charge in [-0.05, 0) is 66.1 Å². The van der Waals surface area contributed by atoms with Crippen molar-refractivity contribution in [3.8, 4) is 5.75 Å². The van der Waals surface area contributed by atoms with E-state index in [1.54, 1.807) is 12.1 Å². The molecule has 0 heterocycles. The molecular formula is C22H23ClN2O3S. The van der Waals surface area contributed by atoms with E-state index in [2.05, 4.69) is 5.32 Å². The Bertz CT molecular complexity index is 1040. The molecule has 0 saturated carbocycles. The zero-order valence-corrected chi connectivity index (χ0v) is 17.4. The highest BCUT2D eigenvalue weighted by molar-refractivity contribution is 7.89. The van der Waals surface area contributed by atoms with Crippen LogP contribution in [0.4, 0.5) is 0 Å². The van der Waals surface area contributed by atoms with Crippen LogP contribution in [0.3, 0.4) is 0 Å². The number of halogens is 1. The Kier molecular flexibility index (Phi) is 7.28. The first-order valence-electron chi connectivity index (χ1n) is 9.19. The van der Waals surface area contributed by atoms with Gasteiger partial charge in [0.1, 0.15) is 12.4 Å². The summed E-state index contributed by atoms with van der Waals surface area (Å²) in [5, 5.41) is 9.21. The van der Waals surface area contributed by atoms with Crippen LogP contribution in [-0.2, 0) is 29.6 Å². The van der Waals surface area contributed by atoms with Crippen LogP contribution < -0.4 is 15.2 Å². The number of ether oxygens (including phenoxy) is 1. The van der Waals surface area contributed by atoms with Gasteiger partial charge in [-0.25, -0.2) is 13.6 Å². The minimum Gasteiger partial charge on any atom is -0.489 e. The topological polar surface area (TPSA) is 81.4 Å². The van der Waals surface area contributed by atoms with Gasteiger partial charge in [0.05, 0.1) is 4.90 Å². The maximum Gasteiger partial charge on any atom is 0.238 e. The number of benzene rings is 3. The van der Waals surface area contributed by atoms with Crippen LogP contribution in [0.5, 0.6) is 5.75 Å². The molecule has 0 radical (unpaired) electrons. The van der Waals surface area contributed by atoms with Crippen molar-refractivity contribution in [2.45, 2.75) is 24.5 Å². The third kappa shape index (κ3) is 6.87. The summed E-state index contributed by atoms with van der Waals surface area (Å²) < 4.78 is 28.4. The van der Waals surface area contributed by atoms with E-state index in [0.29, 0.717) is 18.2 Å². The first-order valence-corrected chi connectivity index (χ1v) is 11.1. The summed E-state index contributed by atoms with van der Waals surface area (Å²) >= 11 is 5.90. The van der Waals surface area contributed by atoms with Crippen molar-refractivity contribution in [1.29, 1.82) is 0 Å². The molecule has 3 N–H and O–H groups in total. The Hall–Kier alpha value is -2.38. The number of hydrogen-bond donors (Lipinski definition) is 2. The lowest BCUT2D eigenvalue weighted by atomic mass is 10.1. The Morgan fingerprint density at radius 3 is 2.28 bits per heavy atom. The second-order valence-corrected chi connectivity index (χ2v) is 8.68. The molecule has 0 fully saturated rings. The summed E-state index contributed by atoms with van der Waals surface area (Å²) in [6.07, 6.45) is 0.789. The average Bonchev–Trinajstić information content (AvgIpc) is 2.71. The molecule has 0 unspecified atom stereocenters. The van der Waals surface area contributed by atoms with Crippen LogP contribution in [0, 0.1) is 0 Å². The van der Waals surface area contributed by atoms with Crippen molar-refractivity contribution in [2.24, 2.45) is 5.14 Å². The first-order chi connectivity index (χ1) is 13.9. The standard InChI is InChI=1S/C22H23ClN2O3S/c23-20-8-4-18(5-9-20)16-28-21-3-1-2-19(14-21)15-25-13-12-17-6-10-22(11-7-17)29(24,26)27/h1-11,14,25H,12-13,15-16H2,(H2,24,26,27). The molecule has 0 bridgehead atoms. The molecule has 152 valence electrons. The molecule has 3 aromatic rings. The molecule has 0 atom stereocenters. The van der Waals surface area contributed by atoms with Gasteiger partial charge < -0.3 is 10.1 Å². The lowest BCUT2D eigenvalue weighted by Gasteiger charge is -2.09. The quantitative estimate of drug-likeness (QED) is 0.504.